The van der Waals surface area contributed by atoms with Crippen LogP contribution in [0.2, 0.25) is 0 Å². The molecule has 6 aromatic carbocycles. The van der Waals surface area contributed by atoms with Crippen molar-refractivity contribution in [2.45, 2.75) is 18.7 Å². The summed E-state index contributed by atoms with van der Waals surface area (Å²) in [6.07, 6.45) is 1.94. The maximum atomic E-state index is 6.10. The second kappa shape index (κ2) is 11.7. The molecule has 0 aromatic heterocycles. The Morgan fingerprint density at radius 2 is 0.917 bits per heavy atom. The van der Waals surface area contributed by atoms with Gasteiger partial charge in [-0.25, -0.2) is 0 Å². The van der Waals surface area contributed by atoms with Gasteiger partial charge in [-0.2, -0.15) is 0 Å². The van der Waals surface area contributed by atoms with Gasteiger partial charge in [0.2, 0.25) is 0 Å². The average Bonchev–Trinajstić information content (AvgIpc) is 2.95. The first-order chi connectivity index (χ1) is 17.8. The van der Waals surface area contributed by atoms with E-state index in [1.807, 2.05) is 0 Å². The van der Waals surface area contributed by atoms with Crippen molar-refractivity contribution < 1.29 is 0 Å². The molecule has 0 spiro atoms. The van der Waals surface area contributed by atoms with Gasteiger partial charge in [-0.15, -0.1) is 11.6 Å². The summed E-state index contributed by atoms with van der Waals surface area (Å²) in [4.78, 5) is 0. The summed E-state index contributed by atoms with van der Waals surface area (Å²) in [7, 11) is 0. The number of hydrogen-bond donors (Lipinski definition) is 0. The van der Waals surface area contributed by atoms with Gasteiger partial charge in [0.05, 0.1) is 0 Å². The van der Waals surface area contributed by atoms with Crippen molar-refractivity contribution >= 4 is 33.1 Å². The summed E-state index contributed by atoms with van der Waals surface area (Å²) in [6.45, 7) is 0. The molecule has 0 unspecified atom stereocenters. The number of alkyl halides is 1. The molecule has 0 radical (unpaired) electrons. The van der Waals surface area contributed by atoms with Crippen LogP contribution >= 0.6 is 11.6 Å². The molecule has 1 heteroatoms. The Morgan fingerprint density at radius 1 is 0.389 bits per heavy atom. The van der Waals surface area contributed by atoms with E-state index in [2.05, 4.69) is 140 Å². The monoisotopic (exact) mass is 484 g/mol. The molecule has 6 aromatic rings. The molecule has 0 aliphatic carbocycles. The quantitative estimate of drug-likeness (QED) is 0.214. The highest BCUT2D eigenvalue weighted by Gasteiger charge is 2.07. The van der Waals surface area contributed by atoms with Gasteiger partial charge in [-0.1, -0.05) is 140 Å². The van der Waals surface area contributed by atoms with Gasteiger partial charge in [0, 0.05) is 5.88 Å². The van der Waals surface area contributed by atoms with Crippen LogP contribution in [-0.4, -0.2) is 0 Å². The smallest absolute Gasteiger partial charge is 0.0477 e. The highest BCUT2D eigenvalue weighted by molar-refractivity contribution is 6.17. The molecule has 0 aliphatic heterocycles. The third-order valence-corrected chi connectivity index (χ3v) is 6.91. The van der Waals surface area contributed by atoms with Crippen LogP contribution < -0.4 is 0 Å². The van der Waals surface area contributed by atoms with Crippen molar-refractivity contribution in [3.63, 3.8) is 0 Å². The first-order valence-electron chi connectivity index (χ1n) is 12.4. The average molecular weight is 485 g/mol. The third-order valence-electron chi connectivity index (χ3n) is 6.62. The molecule has 6 rings (SSSR count). The van der Waals surface area contributed by atoms with Crippen molar-refractivity contribution in [3.8, 4) is 0 Å². The van der Waals surface area contributed by atoms with Gasteiger partial charge < -0.3 is 0 Å². The molecule has 0 atom stereocenters. The number of benzene rings is 6. The van der Waals surface area contributed by atoms with Crippen molar-refractivity contribution in [2.75, 3.05) is 0 Å². The summed E-state index contributed by atoms with van der Waals surface area (Å²) in [5.74, 6) is 0.563. The van der Waals surface area contributed by atoms with Crippen LogP contribution in [0.1, 0.15) is 27.8 Å². The topological polar surface area (TPSA) is 0 Å². The summed E-state index contributed by atoms with van der Waals surface area (Å²) in [5, 5.41) is 5.27. The summed E-state index contributed by atoms with van der Waals surface area (Å²) in [5.41, 5.74) is 6.66. The van der Waals surface area contributed by atoms with Crippen LogP contribution in [0.5, 0.6) is 0 Å². The molecule has 0 nitrogen and oxygen atoms in total. The first kappa shape index (κ1) is 23.9. The number of hydrogen-bond acceptors (Lipinski definition) is 0. The second-order valence-electron chi connectivity index (χ2n) is 9.02. The number of halogens is 1. The van der Waals surface area contributed by atoms with E-state index in [4.69, 9.17) is 11.6 Å². The number of rotatable bonds is 5. The summed E-state index contributed by atoms with van der Waals surface area (Å²) < 4.78 is 0. The highest BCUT2D eigenvalue weighted by atomic mass is 35.5. The van der Waals surface area contributed by atoms with E-state index < -0.39 is 0 Å². The fourth-order valence-electron chi connectivity index (χ4n) is 4.78. The minimum Gasteiger partial charge on any atom is -0.122 e. The zero-order valence-corrected chi connectivity index (χ0v) is 21.0. The third kappa shape index (κ3) is 5.67. The van der Waals surface area contributed by atoms with Crippen molar-refractivity contribution in [2.24, 2.45) is 0 Å². The SMILES string of the molecule is ClCc1ccc2ccccc2c1Cc1ccccc1.c1ccc(Cc2cccc3ccccc23)cc1. The molecular weight excluding hydrogens is 456 g/mol. The second-order valence-corrected chi connectivity index (χ2v) is 9.29. The Morgan fingerprint density at radius 3 is 1.58 bits per heavy atom. The lowest BCUT2D eigenvalue weighted by molar-refractivity contribution is 1.17. The minimum absolute atomic E-state index is 0.563. The Bertz CT molecular complexity index is 1550. The van der Waals surface area contributed by atoms with Crippen LogP contribution in [0.25, 0.3) is 21.5 Å². The van der Waals surface area contributed by atoms with Crippen LogP contribution in [0.15, 0.2) is 140 Å². The molecule has 0 saturated carbocycles. The predicted molar refractivity (Wildman–Crippen MR) is 156 cm³/mol. The zero-order chi connectivity index (χ0) is 24.6. The van der Waals surface area contributed by atoms with E-state index in [9.17, 15) is 0 Å². The molecule has 36 heavy (non-hydrogen) atoms. The molecule has 0 heterocycles. The Balaban J connectivity index is 0.000000149. The zero-order valence-electron chi connectivity index (χ0n) is 20.3. The molecule has 0 saturated heterocycles. The Hall–Kier alpha value is -3.87. The Kier molecular flexibility index (Phi) is 7.76. The standard InChI is InChI=1S/C18H15Cl.C17H14/c19-13-16-11-10-15-8-4-5-9-17(15)18(16)12-14-6-2-1-3-7-14;1-2-7-14(8-3-1)13-16-11-6-10-15-9-4-5-12-17(15)16/h1-11H,12-13H2;1-12H,13H2. The lowest BCUT2D eigenvalue weighted by Crippen LogP contribution is -1.95. The minimum atomic E-state index is 0.563. The van der Waals surface area contributed by atoms with Gasteiger partial charge in [-0.05, 0) is 62.2 Å². The van der Waals surface area contributed by atoms with Crippen molar-refractivity contribution in [3.05, 3.63) is 167 Å². The van der Waals surface area contributed by atoms with Gasteiger partial charge in [-0.3, -0.25) is 0 Å². The van der Waals surface area contributed by atoms with Crippen LogP contribution in [-0.2, 0) is 18.7 Å². The molecule has 176 valence electrons. The van der Waals surface area contributed by atoms with Crippen LogP contribution in [0.3, 0.4) is 0 Å². The van der Waals surface area contributed by atoms with Crippen LogP contribution in [0.4, 0.5) is 0 Å². The van der Waals surface area contributed by atoms with Gasteiger partial charge in [0.15, 0.2) is 0 Å². The first-order valence-corrected chi connectivity index (χ1v) is 13.0. The largest absolute Gasteiger partial charge is 0.122 e. The van der Waals surface area contributed by atoms with E-state index in [0.717, 1.165) is 12.8 Å². The molecule has 0 N–H and O–H groups in total. The fraction of sp³-hybridized carbons (Fsp3) is 0.0857. The molecular formula is C35H29Cl. The van der Waals surface area contributed by atoms with Gasteiger partial charge >= 0.3 is 0 Å². The van der Waals surface area contributed by atoms with Crippen molar-refractivity contribution in [1.82, 2.24) is 0 Å². The lowest BCUT2D eigenvalue weighted by atomic mass is 9.94. The molecule has 0 amide bonds. The highest BCUT2D eigenvalue weighted by Crippen LogP contribution is 2.26. The fourth-order valence-corrected chi connectivity index (χ4v) is 5.03. The van der Waals surface area contributed by atoms with Gasteiger partial charge in [0.25, 0.3) is 0 Å². The maximum Gasteiger partial charge on any atom is 0.0477 e. The van der Waals surface area contributed by atoms with E-state index in [1.165, 1.54) is 49.4 Å². The maximum absolute atomic E-state index is 6.10. The van der Waals surface area contributed by atoms with E-state index in [1.54, 1.807) is 0 Å². The van der Waals surface area contributed by atoms with Crippen LogP contribution in [0, 0.1) is 0 Å². The van der Waals surface area contributed by atoms with E-state index in [-0.39, 0.29) is 0 Å². The van der Waals surface area contributed by atoms with Crippen molar-refractivity contribution in [1.29, 1.82) is 0 Å². The molecule has 0 aliphatic rings. The van der Waals surface area contributed by atoms with Gasteiger partial charge in [0.1, 0.15) is 0 Å². The number of fused-ring (bicyclic) bond motifs is 2. The summed E-state index contributed by atoms with van der Waals surface area (Å²) >= 11 is 6.10. The predicted octanol–water partition coefficient (Wildman–Crippen LogP) is 9.60. The normalized spacial score (nSPS) is 10.7. The lowest BCUT2D eigenvalue weighted by Gasteiger charge is -2.11. The van der Waals surface area contributed by atoms with E-state index >= 15 is 0 Å². The molecule has 0 bridgehead atoms. The summed E-state index contributed by atoms with van der Waals surface area (Å²) in [6, 6.07) is 49.1. The molecule has 0 fully saturated rings. The van der Waals surface area contributed by atoms with E-state index in [0.29, 0.717) is 5.88 Å². The Labute approximate surface area is 218 Å².